The summed E-state index contributed by atoms with van der Waals surface area (Å²) in [6.45, 7) is 5.58. The molecule has 0 heterocycles. The van der Waals surface area contributed by atoms with E-state index >= 15 is 0 Å². The van der Waals surface area contributed by atoms with Gasteiger partial charge < -0.3 is 15.1 Å². The van der Waals surface area contributed by atoms with Crippen molar-refractivity contribution in [1.29, 1.82) is 0 Å². The van der Waals surface area contributed by atoms with Crippen molar-refractivity contribution < 1.29 is 9.59 Å². The van der Waals surface area contributed by atoms with Crippen LogP contribution in [0.25, 0.3) is 0 Å². The zero-order valence-electron chi connectivity index (χ0n) is 14.1. The van der Waals surface area contributed by atoms with Crippen LogP contribution in [0.2, 0.25) is 0 Å². The van der Waals surface area contributed by atoms with E-state index in [2.05, 4.69) is 10.2 Å². The molecular weight excluding hydrogens is 278 g/mol. The van der Waals surface area contributed by atoms with E-state index in [0.717, 1.165) is 24.2 Å². The average molecular weight is 305 g/mol. The molecule has 1 aromatic carbocycles. The summed E-state index contributed by atoms with van der Waals surface area (Å²) in [6, 6.07) is 7.67. The molecule has 0 spiro atoms. The van der Waals surface area contributed by atoms with E-state index in [0.29, 0.717) is 19.5 Å². The third-order valence-electron chi connectivity index (χ3n) is 3.51. The molecule has 0 atom stereocenters. The Bertz CT molecular complexity index is 500. The lowest BCUT2D eigenvalue weighted by atomic mass is 10.2. The number of rotatable bonds is 8. The van der Waals surface area contributed by atoms with Gasteiger partial charge in [-0.25, -0.2) is 0 Å². The minimum Gasteiger partial charge on any atom is -0.342 e. The summed E-state index contributed by atoms with van der Waals surface area (Å²) in [4.78, 5) is 27.5. The lowest BCUT2D eigenvalue weighted by Gasteiger charge is -2.22. The van der Waals surface area contributed by atoms with Gasteiger partial charge in [0.25, 0.3) is 0 Å². The molecule has 0 saturated heterocycles. The van der Waals surface area contributed by atoms with Gasteiger partial charge in [0.2, 0.25) is 11.8 Å². The second-order valence-corrected chi connectivity index (χ2v) is 5.78. The second kappa shape index (κ2) is 9.20. The van der Waals surface area contributed by atoms with Crippen LogP contribution in [-0.4, -0.2) is 55.3 Å². The molecule has 0 aliphatic rings. The Kier molecular flexibility index (Phi) is 7.60. The first-order valence-corrected chi connectivity index (χ1v) is 7.66. The average Bonchev–Trinajstić information content (AvgIpc) is 2.44. The van der Waals surface area contributed by atoms with Crippen LogP contribution >= 0.6 is 0 Å². The van der Waals surface area contributed by atoms with E-state index in [1.807, 2.05) is 45.3 Å². The van der Waals surface area contributed by atoms with E-state index in [1.54, 1.807) is 11.8 Å². The number of benzene rings is 1. The van der Waals surface area contributed by atoms with Crippen LogP contribution in [0.1, 0.15) is 25.3 Å². The second-order valence-electron chi connectivity index (χ2n) is 5.78. The minimum atomic E-state index is -0.0619. The van der Waals surface area contributed by atoms with E-state index in [9.17, 15) is 9.59 Å². The summed E-state index contributed by atoms with van der Waals surface area (Å²) in [6.07, 6.45) is 1.22. The summed E-state index contributed by atoms with van der Waals surface area (Å²) >= 11 is 0. The number of amides is 2. The molecule has 1 N–H and O–H groups in total. The first-order chi connectivity index (χ1) is 10.4. The molecule has 22 heavy (non-hydrogen) atoms. The predicted molar refractivity (Wildman–Crippen MR) is 89.9 cm³/mol. The lowest BCUT2D eigenvalue weighted by molar-refractivity contribution is -0.129. The molecule has 0 radical (unpaired) electrons. The zero-order valence-corrected chi connectivity index (χ0v) is 14.1. The molecule has 2 amide bonds. The summed E-state index contributed by atoms with van der Waals surface area (Å²) in [7, 11) is 4.02. The van der Waals surface area contributed by atoms with Gasteiger partial charge in [-0.1, -0.05) is 18.2 Å². The SMILES string of the molecule is CC(=O)N(CCCN(C)C)CCC(=O)Nc1ccccc1C. The van der Waals surface area contributed by atoms with Crippen molar-refractivity contribution >= 4 is 17.5 Å². The maximum atomic E-state index is 12.0. The number of hydrogen-bond acceptors (Lipinski definition) is 3. The monoisotopic (exact) mass is 305 g/mol. The number of para-hydroxylation sites is 1. The Morgan fingerprint density at radius 2 is 1.77 bits per heavy atom. The topological polar surface area (TPSA) is 52.7 Å². The van der Waals surface area contributed by atoms with Crippen LogP contribution in [0.5, 0.6) is 0 Å². The fraction of sp³-hybridized carbons (Fsp3) is 0.529. The molecule has 0 aliphatic carbocycles. The Morgan fingerprint density at radius 1 is 1.09 bits per heavy atom. The number of hydrogen-bond donors (Lipinski definition) is 1. The van der Waals surface area contributed by atoms with Crippen molar-refractivity contribution in [2.45, 2.75) is 26.7 Å². The third kappa shape index (κ3) is 6.72. The predicted octanol–water partition coefficient (Wildman–Crippen LogP) is 2.12. The summed E-state index contributed by atoms with van der Waals surface area (Å²) in [5, 5.41) is 2.89. The Labute approximate surface area is 133 Å². The maximum absolute atomic E-state index is 12.0. The molecule has 0 fully saturated rings. The minimum absolute atomic E-state index is 0.0162. The smallest absolute Gasteiger partial charge is 0.226 e. The molecule has 0 bridgehead atoms. The highest BCUT2D eigenvalue weighted by molar-refractivity contribution is 5.91. The number of nitrogens with one attached hydrogen (secondary N) is 1. The van der Waals surface area contributed by atoms with Crippen molar-refractivity contribution in [2.24, 2.45) is 0 Å². The highest BCUT2D eigenvalue weighted by Crippen LogP contribution is 2.13. The van der Waals surface area contributed by atoms with Gasteiger partial charge in [-0.15, -0.1) is 0 Å². The van der Waals surface area contributed by atoms with Gasteiger partial charge in [-0.05, 0) is 45.6 Å². The quantitative estimate of drug-likeness (QED) is 0.800. The largest absolute Gasteiger partial charge is 0.342 e. The Morgan fingerprint density at radius 3 is 2.36 bits per heavy atom. The van der Waals surface area contributed by atoms with Crippen molar-refractivity contribution in [1.82, 2.24) is 9.80 Å². The summed E-state index contributed by atoms with van der Waals surface area (Å²) in [5.74, 6) is -0.0457. The number of nitrogens with zero attached hydrogens (tertiary/aromatic N) is 2. The van der Waals surface area contributed by atoms with Crippen LogP contribution in [0.15, 0.2) is 24.3 Å². The molecule has 0 aliphatic heterocycles. The highest BCUT2D eigenvalue weighted by Gasteiger charge is 2.11. The first-order valence-electron chi connectivity index (χ1n) is 7.66. The molecule has 122 valence electrons. The van der Waals surface area contributed by atoms with E-state index in [1.165, 1.54) is 0 Å². The van der Waals surface area contributed by atoms with E-state index < -0.39 is 0 Å². The van der Waals surface area contributed by atoms with E-state index in [4.69, 9.17) is 0 Å². The van der Waals surface area contributed by atoms with Gasteiger partial charge in [-0.3, -0.25) is 9.59 Å². The zero-order chi connectivity index (χ0) is 16.5. The molecule has 1 rings (SSSR count). The van der Waals surface area contributed by atoms with Crippen LogP contribution in [0, 0.1) is 6.92 Å². The van der Waals surface area contributed by atoms with Gasteiger partial charge in [0.15, 0.2) is 0 Å². The van der Waals surface area contributed by atoms with Crippen LogP contribution in [0.3, 0.4) is 0 Å². The normalized spacial score (nSPS) is 10.6. The fourth-order valence-corrected chi connectivity index (χ4v) is 2.17. The fourth-order valence-electron chi connectivity index (χ4n) is 2.17. The molecule has 0 aromatic heterocycles. The van der Waals surface area contributed by atoms with Crippen molar-refractivity contribution in [3.8, 4) is 0 Å². The van der Waals surface area contributed by atoms with Crippen LogP contribution < -0.4 is 5.32 Å². The van der Waals surface area contributed by atoms with Gasteiger partial charge in [0, 0.05) is 32.1 Å². The number of carbonyl (C=O) groups excluding carboxylic acids is 2. The van der Waals surface area contributed by atoms with Gasteiger partial charge in [-0.2, -0.15) is 0 Å². The summed E-state index contributed by atoms with van der Waals surface area (Å²) < 4.78 is 0. The first kappa shape index (κ1) is 18.2. The Hall–Kier alpha value is -1.88. The van der Waals surface area contributed by atoms with Crippen molar-refractivity contribution in [2.75, 3.05) is 39.0 Å². The van der Waals surface area contributed by atoms with Crippen molar-refractivity contribution in [3.63, 3.8) is 0 Å². The molecule has 0 unspecified atom stereocenters. The Balaban J connectivity index is 2.42. The number of aryl methyl sites for hydroxylation is 1. The molecular formula is C17H27N3O2. The van der Waals surface area contributed by atoms with Crippen LogP contribution in [0.4, 0.5) is 5.69 Å². The maximum Gasteiger partial charge on any atom is 0.226 e. The standard InChI is InChI=1S/C17H27N3O2/c1-14-8-5-6-9-16(14)18-17(22)10-13-20(15(2)21)12-7-11-19(3)4/h5-6,8-9H,7,10-13H2,1-4H3,(H,18,22). The van der Waals surface area contributed by atoms with Gasteiger partial charge in [0.05, 0.1) is 0 Å². The van der Waals surface area contributed by atoms with Gasteiger partial charge in [0.1, 0.15) is 0 Å². The number of anilines is 1. The molecule has 0 saturated carbocycles. The highest BCUT2D eigenvalue weighted by atomic mass is 16.2. The molecule has 1 aromatic rings. The van der Waals surface area contributed by atoms with Crippen molar-refractivity contribution in [3.05, 3.63) is 29.8 Å². The van der Waals surface area contributed by atoms with Crippen LogP contribution in [-0.2, 0) is 9.59 Å². The van der Waals surface area contributed by atoms with Gasteiger partial charge >= 0.3 is 0 Å². The van der Waals surface area contributed by atoms with E-state index in [-0.39, 0.29) is 11.8 Å². The molecule has 5 nitrogen and oxygen atoms in total. The lowest BCUT2D eigenvalue weighted by Crippen LogP contribution is -2.34. The number of carbonyl (C=O) groups is 2. The molecule has 5 heteroatoms. The summed E-state index contributed by atoms with van der Waals surface area (Å²) in [5.41, 5.74) is 1.86. The third-order valence-corrected chi connectivity index (χ3v) is 3.51.